The van der Waals surface area contributed by atoms with Crippen LogP contribution in [0.3, 0.4) is 0 Å². The fraction of sp³-hybridized carbons (Fsp3) is 0.421. The molecule has 2 aromatic heterocycles. The lowest BCUT2D eigenvalue weighted by atomic mass is 9.89. The highest BCUT2D eigenvalue weighted by atomic mass is 16.7. The van der Waals surface area contributed by atoms with Crippen LogP contribution in [0.15, 0.2) is 36.6 Å². The van der Waals surface area contributed by atoms with Gasteiger partial charge in [-0.2, -0.15) is 0 Å². The van der Waals surface area contributed by atoms with Crippen LogP contribution >= 0.6 is 0 Å². The summed E-state index contributed by atoms with van der Waals surface area (Å²) in [5, 5.41) is 158. The maximum Gasteiger partial charge on any atom is 0.229 e. The fourth-order valence-electron chi connectivity index (χ4n) is 7.94. The highest BCUT2D eigenvalue weighted by Crippen LogP contribution is 2.55. The molecule has 0 radical (unpaired) electrons. The van der Waals surface area contributed by atoms with Crippen molar-refractivity contribution in [2.45, 2.75) is 86.5 Å². The molecule has 328 valence electrons. The van der Waals surface area contributed by atoms with E-state index in [1.807, 2.05) is 0 Å². The standard InChI is InChI=1S/C38H38O23/c39-6-15-23(46)29(52)31(54)37(58-15)57-13-2-1-10(42)33-19(13)26(49)21-28(51)36(61-38-32(55)30(53)24(47)16(7-40)59-38)27(50)17(35(21)60-33)9-5-12(44)34-20(22(9)45)25(48)18-11(43)3-8(41)4-14(18)56-34/h3-5,10,13,15-16,23-24,29-32,37-47,50-55H,1-2,6-7H2/t10-,13-,15+,16+,23+,24+,29-,30-,31+,32+,37+,38-/m0/s1. The zero-order chi connectivity index (χ0) is 44.1. The summed E-state index contributed by atoms with van der Waals surface area (Å²) in [6.45, 7) is -1.79. The summed E-state index contributed by atoms with van der Waals surface area (Å²) in [6, 6.07) is 2.42. The minimum Gasteiger partial charge on any atom is -0.508 e. The molecule has 0 unspecified atom stereocenters. The van der Waals surface area contributed by atoms with Crippen LogP contribution in [0.25, 0.3) is 44.0 Å². The SMILES string of the molecule is O=c1c2c(oc3c(-c4cc(O)c5oc6cc(O)cc(O)c6c(=O)c5c4O)c(O)c(O[C@@H]4O[C@H](CO)[C@@H](O)[C@H](O)[C@H]4O)c(O)c13)[C@@H](O)CC[C@@H]2O[C@@H]1O[C@H](CO)[C@@H](O)[C@H](O)[C@H]1O. The predicted octanol–water partition coefficient (Wildman–Crippen LogP) is -2.18. The van der Waals surface area contributed by atoms with Crippen LogP contribution in [0.1, 0.15) is 36.4 Å². The van der Waals surface area contributed by atoms with Gasteiger partial charge in [-0.15, -0.1) is 0 Å². The van der Waals surface area contributed by atoms with Gasteiger partial charge in [0.25, 0.3) is 0 Å². The number of hydrogen-bond acceptors (Lipinski definition) is 23. The summed E-state index contributed by atoms with van der Waals surface area (Å²) in [6.07, 6.45) is -22.4. The van der Waals surface area contributed by atoms with E-state index in [4.69, 9.17) is 27.8 Å². The van der Waals surface area contributed by atoms with Gasteiger partial charge in [-0.3, -0.25) is 9.59 Å². The Morgan fingerprint density at radius 1 is 0.607 bits per heavy atom. The summed E-state index contributed by atoms with van der Waals surface area (Å²) in [4.78, 5) is 28.6. The van der Waals surface area contributed by atoms with E-state index >= 15 is 0 Å². The van der Waals surface area contributed by atoms with E-state index in [0.29, 0.717) is 6.07 Å². The molecule has 23 heteroatoms. The molecule has 3 aliphatic rings. The van der Waals surface area contributed by atoms with Crippen molar-refractivity contribution in [3.63, 3.8) is 0 Å². The number of phenolic OH excluding ortho intramolecular Hbond substituents is 6. The molecule has 0 spiro atoms. The number of aliphatic hydroxyl groups excluding tert-OH is 9. The molecule has 4 heterocycles. The van der Waals surface area contributed by atoms with Crippen LogP contribution in [-0.2, 0) is 14.2 Å². The van der Waals surface area contributed by atoms with Crippen molar-refractivity contribution in [3.05, 3.63) is 50.0 Å². The monoisotopic (exact) mass is 862 g/mol. The zero-order valence-corrected chi connectivity index (χ0v) is 31.0. The Labute approximate surface area is 338 Å². The molecule has 5 aromatic rings. The van der Waals surface area contributed by atoms with Crippen LogP contribution in [-0.4, -0.2) is 151 Å². The molecule has 0 bridgehead atoms. The molecule has 2 saturated heterocycles. The van der Waals surface area contributed by atoms with E-state index in [0.717, 1.165) is 12.1 Å². The number of hydrogen-bond donors (Lipinski definition) is 15. The summed E-state index contributed by atoms with van der Waals surface area (Å²) < 4.78 is 33.9. The lowest BCUT2D eigenvalue weighted by Gasteiger charge is -2.41. The number of rotatable bonds is 7. The van der Waals surface area contributed by atoms with Gasteiger partial charge in [0, 0.05) is 17.7 Å². The highest BCUT2D eigenvalue weighted by Gasteiger charge is 2.48. The van der Waals surface area contributed by atoms with Crippen LogP contribution in [0.2, 0.25) is 0 Å². The van der Waals surface area contributed by atoms with Gasteiger partial charge in [0.1, 0.15) is 99.7 Å². The molecular weight excluding hydrogens is 824 g/mol. The van der Waals surface area contributed by atoms with Crippen LogP contribution in [0, 0.1) is 0 Å². The summed E-state index contributed by atoms with van der Waals surface area (Å²) in [5.74, 6) is -7.73. The van der Waals surface area contributed by atoms with Gasteiger partial charge in [-0.25, -0.2) is 0 Å². The lowest BCUT2D eigenvalue weighted by Crippen LogP contribution is -2.60. The third kappa shape index (κ3) is 6.53. The number of ether oxygens (including phenoxy) is 4. The van der Waals surface area contributed by atoms with Gasteiger partial charge in [-0.05, 0) is 18.9 Å². The predicted molar refractivity (Wildman–Crippen MR) is 198 cm³/mol. The second kappa shape index (κ2) is 15.4. The molecule has 2 fully saturated rings. The highest BCUT2D eigenvalue weighted by molar-refractivity contribution is 6.08. The Hall–Kier alpha value is -5.54. The molecule has 1 aliphatic carbocycles. The number of aromatic hydroxyl groups is 6. The van der Waals surface area contributed by atoms with Crippen LogP contribution in [0.4, 0.5) is 0 Å². The van der Waals surface area contributed by atoms with Gasteiger partial charge in [0.2, 0.25) is 22.9 Å². The Kier molecular flexibility index (Phi) is 10.7. The summed E-state index contributed by atoms with van der Waals surface area (Å²) in [7, 11) is 0. The molecule has 23 nitrogen and oxygen atoms in total. The largest absolute Gasteiger partial charge is 0.508 e. The van der Waals surface area contributed by atoms with Crippen molar-refractivity contribution in [3.8, 4) is 51.4 Å². The first kappa shape index (κ1) is 42.2. The Morgan fingerprint density at radius 2 is 1.21 bits per heavy atom. The maximum atomic E-state index is 14.7. The third-order valence-corrected chi connectivity index (χ3v) is 11.1. The fourth-order valence-corrected chi connectivity index (χ4v) is 7.94. The van der Waals surface area contributed by atoms with E-state index in [2.05, 4.69) is 0 Å². The average molecular weight is 863 g/mol. The van der Waals surface area contributed by atoms with Gasteiger partial charge in [-0.1, -0.05) is 0 Å². The van der Waals surface area contributed by atoms with Crippen LogP contribution < -0.4 is 15.6 Å². The Bertz CT molecular complexity index is 2670. The van der Waals surface area contributed by atoms with E-state index in [9.17, 15) is 86.2 Å². The van der Waals surface area contributed by atoms with Gasteiger partial charge >= 0.3 is 0 Å². The average Bonchev–Trinajstić information content (AvgIpc) is 3.21. The molecule has 2 aliphatic heterocycles. The molecule has 3 aromatic carbocycles. The lowest BCUT2D eigenvalue weighted by molar-refractivity contribution is -0.314. The Morgan fingerprint density at radius 3 is 1.85 bits per heavy atom. The normalized spacial score (nSPS) is 30.5. The number of aliphatic hydroxyl groups is 9. The van der Waals surface area contributed by atoms with E-state index in [1.54, 1.807) is 0 Å². The van der Waals surface area contributed by atoms with Gasteiger partial charge < -0.3 is 104 Å². The third-order valence-electron chi connectivity index (χ3n) is 11.1. The molecule has 8 rings (SSSR count). The second-order valence-corrected chi connectivity index (χ2v) is 14.8. The molecule has 15 N–H and O–H groups in total. The van der Waals surface area contributed by atoms with E-state index in [-0.39, 0.29) is 12.8 Å². The Balaban J connectivity index is 1.39. The van der Waals surface area contributed by atoms with Crippen molar-refractivity contribution in [1.29, 1.82) is 0 Å². The number of benzene rings is 3. The molecule has 12 atom stereocenters. The molecule has 0 saturated carbocycles. The molecular formula is C38H38O23. The minimum absolute atomic E-state index is 0.229. The minimum atomic E-state index is -2.18. The maximum absolute atomic E-state index is 14.7. The first-order valence-corrected chi connectivity index (χ1v) is 18.5. The van der Waals surface area contributed by atoms with Gasteiger partial charge in [0.05, 0.1) is 30.4 Å². The van der Waals surface area contributed by atoms with E-state index in [1.165, 1.54) is 0 Å². The quantitative estimate of drug-likeness (QED) is 0.0611. The van der Waals surface area contributed by atoms with Crippen molar-refractivity contribution < 1.29 is 104 Å². The van der Waals surface area contributed by atoms with Crippen molar-refractivity contribution >= 4 is 32.9 Å². The molecule has 61 heavy (non-hydrogen) atoms. The van der Waals surface area contributed by atoms with E-state index < -0.39 is 193 Å². The van der Waals surface area contributed by atoms with Gasteiger partial charge in [0.15, 0.2) is 34.7 Å². The van der Waals surface area contributed by atoms with Crippen molar-refractivity contribution in [2.24, 2.45) is 0 Å². The first-order chi connectivity index (χ1) is 28.9. The summed E-state index contributed by atoms with van der Waals surface area (Å²) >= 11 is 0. The van der Waals surface area contributed by atoms with Crippen LogP contribution in [0.5, 0.6) is 40.2 Å². The number of phenols is 6. The van der Waals surface area contributed by atoms with Crippen molar-refractivity contribution in [2.75, 3.05) is 13.2 Å². The molecule has 0 amide bonds. The number of fused-ring (bicyclic) bond motifs is 4. The summed E-state index contributed by atoms with van der Waals surface area (Å²) in [5.41, 5.74) is -6.62. The smallest absolute Gasteiger partial charge is 0.229 e. The second-order valence-electron chi connectivity index (χ2n) is 14.8. The topological polar surface area (TPSA) is 401 Å². The zero-order valence-electron chi connectivity index (χ0n) is 31.0. The van der Waals surface area contributed by atoms with Crippen molar-refractivity contribution in [1.82, 2.24) is 0 Å². The first-order valence-electron chi connectivity index (χ1n) is 18.5.